The van der Waals surface area contributed by atoms with Crippen LogP contribution in [0.5, 0.6) is 0 Å². The number of piperidine rings is 1. The van der Waals surface area contributed by atoms with Crippen molar-refractivity contribution in [2.75, 3.05) is 20.1 Å². The molecule has 1 unspecified atom stereocenters. The van der Waals surface area contributed by atoms with Crippen LogP contribution in [-0.2, 0) is 14.9 Å². The summed E-state index contributed by atoms with van der Waals surface area (Å²) in [6, 6.07) is 11.0. The molecule has 0 bridgehead atoms. The fraction of sp³-hybridized carbons (Fsp3) is 0.500. The van der Waals surface area contributed by atoms with Gasteiger partial charge in [-0.2, -0.15) is 0 Å². The molecular formula is C28H35Br2FN2O3. The molecular weight excluding hydrogens is 591 g/mol. The van der Waals surface area contributed by atoms with Gasteiger partial charge in [0.05, 0.1) is 6.04 Å². The van der Waals surface area contributed by atoms with Crippen molar-refractivity contribution in [3.05, 3.63) is 67.9 Å². The van der Waals surface area contributed by atoms with Crippen LogP contribution in [0.2, 0.25) is 0 Å². The van der Waals surface area contributed by atoms with Crippen molar-refractivity contribution < 1.29 is 18.7 Å². The number of carbonyl (C=O) groups is 2. The number of rotatable bonds is 5. The predicted octanol–water partition coefficient (Wildman–Crippen LogP) is 7.54. The summed E-state index contributed by atoms with van der Waals surface area (Å²) in [5.74, 6) is -0.260. The third kappa shape index (κ3) is 6.88. The maximum absolute atomic E-state index is 14.1. The van der Waals surface area contributed by atoms with Gasteiger partial charge in [-0.25, -0.2) is 9.18 Å². The number of benzene rings is 2. The van der Waals surface area contributed by atoms with E-state index in [-0.39, 0.29) is 30.3 Å². The van der Waals surface area contributed by atoms with Crippen molar-refractivity contribution in [3.8, 4) is 0 Å². The molecule has 1 aliphatic heterocycles. The third-order valence-corrected chi connectivity index (χ3v) is 7.89. The van der Waals surface area contributed by atoms with Crippen molar-refractivity contribution in [1.29, 1.82) is 0 Å². The highest BCUT2D eigenvalue weighted by Crippen LogP contribution is 2.41. The Morgan fingerprint density at radius 3 is 2.22 bits per heavy atom. The van der Waals surface area contributed by atoms with Gasteiger partial charge in [-0.1, -0.05) is 44.0 Å². The summed E-state index contributed by atoms with van der Waals surface area (Å²) in [6.45, 7) is 10.2. The lowest BCUT2D eigenvalue weighted by molar-refractivity contribution is -0.133. The van der Waals surface area contributed by atoms with Crippen LogP contribution in [0, 0.1) is 12.7 Å². The molecule has 196 valence electrons. The number of carbonyl (C=O) groups excluding carboxylic acids is 2. The van der Waals surface area contributed by atoms with E-state index in [0.717, 1.165) is 20.1 Å². The number of amides is 2. The number of halogens is 3. The fourth-order valence-electron chi connectivity index (χ4n) is 4.66. The number of hydrogen-bond donors (Lipinski definition) is 0. The average Bonchev–Trinajstić information content (AvgIpc) is 2.78. The molecule has 0 radical (unpaired) electrons. The second kappa shape index (κ2) is 11.2. The lowest BCUT2D eigenvalue weighted by Gasteiger charge is -2.43. The molecule has 1 heterocycles. The van der Waals surface area contributed by atoms with E-state index < -0.39 is 11.0 Å². The molecule has 0 N–H and O–H groups in total. The monoisotopic (exact) mass is 624 g/mol. The standard InChI is InChI=1S/C28H35Br2FN2O3/c1-18-13-21(7-8-24(18)31)28(9-11-33(12-10-28)26(35)36-27(3,4)5)17-25(34)32(6)19(2)20-14-22(29)16-23(30)15-20/h7-8,13-16,19H,9-12,17H2,1-6H3. The van der Waals surface area contributed by atoms with Gasteiger partial charge in [-0.3, -0.25) is 4.79 Å². The van der Waals surface area contributed by atoms with E-state index in [1.165, 1.54) is 6.07 Å². The van der Waals surface area contributed by atoms with Gasteiger partial charge >= 0.3 is 6.09 Å². The van der Waals surface area contributed by atoms with Gasteiger partial charge < -0.3 is 14.5 Å². The summed E-state index contributed by atoms with van der Waals surface area (Å²) in [5.41, 5.74) is 1.42. The predicted molar refractivity (Wildman–Crippen MR) is 147 cm³/mol. The molecule has 2 aromatic carbocycles. The second-order valence-corrected chi connectivity index (χ2v) is 12.6. The highest BCUT2D eigenvalue weighted by atomic mass is 79.9. The van der Waals surface area contributed by atoms with Gasteiger partial charge in [0.2, 0.25) is 5.91 Å². The Kier molecular flexibility index (Phi) is 8.92. The fourth-order valence-corrected chi connectivity index (χ4v) is 5.99. The van der Waals surface area contributed by atoms with Crippen molar-refractivity contribution in [3.63, 3.8) is 0 Å². The minimum Gasteiger partial charge on any atom is -0.444 e. The van der Waals surface area contributed by atoms with Gasteiger partial charge in [0.25, 0.3) is 0 Å². The van der Waals surface area contributed by atoms with E-state index in [2.05, 4.69) is 31.9 Å². The molecule has 0 aliphatic carbocycles. The number of likely N-dealkylation sites (tertiary alicyclic amines) is 1. The van der Waals surface area contributed by atoms with Gasteiger partial charge in [-0.05, 0) is 88.4 Å². The van der Waals surface area contributed by atoms with Gasteiger partial charge in [0, 0.05) is 40.9 Å². The highest BCUT2D eigenvalue weighted by molar-refractivity contribution is 9.11. The summed E-state index contributed by atoms with van der Waals surface area (Å²) >= 11 is 7.06. The zero-order valence-electron chi connectivity index (χ0n) is 21.8. The molecule has 0 saturated carbocycles. The summed E-state index contributed by atoms with van der Waals surface area (Å²) in [7, 11) is 1.82. The minimum atomic E-state index is -0.573. The van der Waals surface area contributed by atoms with Crippen molar-refractivity contribution in [1.82, 2.24) is 9.80 Å². The van der Waals surface area contributed by atoms with Gasteiger partial charge in [-0.15, -0.1) is 0 Å². The zero-order valence-corrected chi connectivity index (χ0v) is 25.0. The van der Waals surface area contributed by atoms with E-state index in [1.807, 2.05) is 59.0 Å². The van der Waals surface area contributed by atoms with Crippen LogP contribution < -0.4 is 0 Å². The SMILES string of the molecule is Cc1cc(C2(CC(=O)N(C)C(C)c3cc(Br)cc(Br)c3)CCN(C(=O)OC(C)(C)C)CC2)ccc1F. The smallest absolute Gasteiger partial charge is 0.410 e. The molecule has 1 fully saturated rings. The van der Waals surface area contributed by atoms with Crippen LogP contribution in [0.3, 0.4) is 0 Å². The Labute approximate surface area is 230 Å². The Balaban J connectivity index is 1.85. The van der Waals surface area contributed by atoms with Crippen LogP contribution in [0.1, 0.15) is 69.7 Å². The quantitative estimate of drug-likeness (QED) is 0.345. The highest BCUT2D eigenvalue weighted by Gasteiger charge is 2.41. The number of nitrogens with zero attached hydrogens (tertiary/aromatic N) is 2. The molecule has 1 aliphatic rings. The van der Waals surface area contributed by atoms with Crippen LogP contribution in [0.15, 0.2) is 45.3 Å². The molecule has 3 rings (SSSR count). The van der Waals surface area contributed by atoms with E-state index in [0.29, 0.717) is 31.5 Å². The van der Waals surface area contributed by atoms with E-state index >= 15 is 0 Å². The summed E-state index contributed by atoms with van der Waals surface area (Å²) in [4.78, 5) is 29.8. The normalized spacial score (nSPS) is 16.4. The van der Waals surface area contributed by atoms with Crippen LogP contribution in [0.4, 0.5) is 9.18 Å². The number of aryl methyl sites for hydroxylation is 1. The molecule has 0 spiro atoms. The lowest BCUT2D eigenvalue weighted by Crippen LogP contribution is -2.48. The molecule has 36 heavy (non-hydrogen) atoms. The Bertz CT molecular complexity index is 1100. The summed E-state index contributed by atoms with van der Waals surface area (Å²) in [5, 5.41) is 0. The van der Waals surface area contributed by atoms with Crippen molar-refractivity contribution >= 4 is 43.9 Å². The second-order valence-electron chi connectivity index (χ2n) is 10.8. The molecule has 2 amide bonds. The first-order valence-corrected chi connectivity index (χ1v) is 13.8. The Morgan fingerprint density at radius 1 is 1.11 bits per heavy atom. The molecule has 1 saturated heterocycles. The lowest BCUT2D eigenvalue weighted by atomic mass is 9.70. The minimum absolute atomic E-state index is 0.00583. The van der Waals surface area contributed by atoms with Gasteiger partial charge in [0.15, 0.2) is 0 Å². The number of hydrogen-bond acceptors (Lipinski definition) is 3. The number of ether oxygens (including phenoxy) is 1. The molecule has 8 heteroatoms. The van der Waals surface area contributed by atoms with E-state index in [9.17, 15) is 14.0 Å². The Hall–Kier alpha value is -1.93. The first kappa shape index (κ1) is 28.6. The average molecular weight is 626 g/mol. The van der Waals surface area contributed by atoms with E-state index in [4.69, 9.17) is 4.74 Å². The van der Waals surface area contributed by atoms with Crippen LogP contribution in [-0.4, -0.2) is 47.5 Å². The first-order valence-electron chi connectivity index (χ1n) is 12.2. The summed E-state index contributed by atoms with van der Waals surface area (Å²) in [6.07, 6.45) is 1.11. The maximum Gasteiger partial charge on any atom is 0.410 e. The molecule has 5 nitrogen and oxygen atoms in total. The van der Waals surface area contributed by atoms with E-state index in [1.54, 1.807) is 22.8 Å². The van der Waals surface area contributed by atoms with Crippen LogP contribution >= 0.6 is 31.9 Å². The Morgan fingerprint density at radius 2 is 1.69 bits per heavy atom. The van der Waals surface area contributed by atoms with Crippen molar-refractivity contribution in [2.24, 2.45) is 0 Å². The van der Waals surface area contributed by atoms with Crippen molar-refractivity contribution in [2.45, 2.75) is 70.9 Å². The van der Waals surface area contributed by atoms with Crippen LogP contribution in [0.25, 0.3) is 0 Å². The third-order valence-electron chi connectivity index (χ3n) is 6.97. The zero-order chi connectivity index (χ0) is 26.8. The largest absolute Gasteiger partial charge is 0.444 e. The van der Waals surface area contributed by atoms with Gasteiger partial charge in [0.1, 0.15) is 11.4 Å². The molecule has 0 aromatic heterocycles. The molecule has 1 atom stereocenters. The molecule has 2 aromatic rings. The topological polar surface area (TPSA) is 49.9 Å². The summed E-state index contributed by atoms with van der Waals surface area (Å²) < 4.78 is 21.5. The first-order chi connectivity index (χ1) is 16.7. The maximum atomic E-state index is 14.1.